The van der Waals surface area contributed by atoms with Gasteiger partial charge in [0.15, 0.2) is 0 Å². The van der Waals surface area contributed by atoms with Gasteiger partial charge in [-0.15, -0.1) is 21.5 Å². The van der Waals surface area contributed by atoms with Gasteiger partial charge in [-0.25, -0.2) is 8.42 Å². The van der Waals surface area contributed by atoms with E-state index in [1.807, 2.05) is 0 Å². The van der Waals surface area contributed by atoms with Crippen LogP contribution in [0, 0.1) is 0 Å². The maximum absolute atomic E-state index is 12.6. The van der Waals surface area contributed by atoms with Crippen LogP contribution in [0.3, 0.4) is 0 Å². The standard InChI is InChI=1S/C15H14ClN3O4S2/c16-12-1-2-13(24-12)25(20,21)19-6-3-10(4-7-19)14-17-18-15(23-14)11-5-8-22-9-11/h1-2,5,8-10H,3-4,6-7H2. The smallest absolute Gasteiger partial charge is 0.252 e. The third-order valence-electron chi connectivity index (χ3n) is 4.15. The number of halogens is 1. The molecule has 0 saturated carbocycles. The van der Waals surface area contributed by atoms with Crippen molar-refractivity contribution in [2.24, 2.45) is 0 Å². The van der Waals surface area contributed by atoms with Crippen LogP contribution >= 0.6 is 22.9 Å². The van der Waals surface area contributed by atoms with E-state index in [1.165, 1.54) is 4.31 Å². The van der Waals surface area contributed by atoms with E-state index < -0.39 is 10.0 Å². The largest absolute Gasteiger partial charge is 0.472 e. The molecule has 4 heterocycles. The molecular formula is C15H14ClN3O4S2. The molecule has 7 nitrogen and oxygen atoms in total. The Hall–Kier alpha value is -1.68. The van der Waals surface area contributed by atoms with Crippen molar-refractivity contribution in [3.63, 3.8) is 0 Å². The summed E-state index contributed by atoms with van der Waals surface area (Å²) >= 11 is 6.93. The van der Waals surface area contributed by atoms with Crippen molar-refractivity contribution in [1.82, 2.24) is 14.5 Å². The van der Waals surface area contributed by atoms with Gasteiger partial charge < -0.3 is 8.83 Å². The van der Waals surface area contributed by atoms with E-state index in [4.69, 9.17) is 20.4 Å². The fourth-order valence-electron chi connectivity index (χ4n) is 2.81. The lowest BCUT2D eigenvalue weighted by Crippen LogP contribution is -2.37. The zero-order chi connectivity index (χ0) is 17.4. The first-order chi connectivity index (χ1) is 12.0. The Balaban J connectivity index is 1.45. The summed E-state index contributed by atoms with van der Waals surface area (Å²) in [4.78, 5) is 0. The summed E-state index contributed by atoms with van der Waals surface area (Å²) in [7, 11) is -3.49. The molecule has 0 bridgehead atoms. The predicted octanol–water partition coefficient (Wildman–Crippen LogP) is 3.61. The highest BCUT2D eigenvalue weighted by atomic mass is 35.5. The first-order valence-electron chi connectivity index (χ1n) is 7.65. The summed E-state index contributed by atoms with van der Waals surface area (Å²) in [5, 5.41) is 8.13. The van der Waals surface area contributed by atoms with Gasteiger partial charge in [-0.3, -0.25) is 0 Å². The number of furan rings is 1. The topological polar surface area (TPSA) is 89.4 Å². The van der Waals surface area contributed by atoms with Gasteiger partial charge in [-0.05, 0) is 31.0 Å². The van der Waals surface area contributed by atoms with Gasteiger partial charge in [0.25, 0.3) is 15.9 Å². The lowest BCUT2D eigenvalue weighted by molar-refractivity contribution is 0.292. The summed E-state index contributed by atoms with van der Waals surface area (Å²) in [6.45, 7) is 0.817. The molecule has 3 aromatic rings. The number of piperidine rings is 1. The SMILES string of the molecule is O=S(=O)(c1ccc(Cl)s1)N1CCC(c2nnc(-c3ccoc3)o2)CC1. The van der Waals surface area contributed by atoms with Crippen LogP contribution in [0.15, 0.2) is 43.8 Å². The first-order valence-corrected chi connectivity index (χ1v) is 10.3. The normalized spacial score (nSPS) is 17.2. The molecule has 0 atom stereocenters. The monoisotopic (exact) mass is 399 g/mol. The van der Waals surface area contributed by atoms with Crippen LogP contribution in [-0.4, -0.2) is 36.0 Å². The Morgan fingerprint density at radius 1 is 1.20 bits per heavy atom. The Kier molecular flexibility index (Phi) is 4.40. The number of nitrogens with zero attached hydrogens (tertiary/aromatic N) is 3. The number of sulfonamides is 1. The second-order valence-corrected chi connectivity index (χ2v) is 9.57. The fourth-order valence-corrected chi connectivity index (χ4v) is 5.92. The maximum Gasteiger partial charge on any atom is 0.252 e. The molecule has 1 aliphatic heterocycles. The van der Waals surface area contributed by atoms with Gasteiger partial charge in [0.2, 0.25) is 5.89 Å². The minimum Gasteiger partial charge on any atom is -0.472 e. The molecule has 0 spiro atoms. The lowest BCUT2D eigenvalue weighted by Gasteiger charge is -2.29. The molecule has 0 amide bonds. The highest BCUT2D eigenvalue weighted by molar-refractivity contribution is 7.91. The Bertz CT molecular complexity index is 957. The Morgan fingerprint density at radius 3 is 2.64 bits per heavy atom. The molecule has 0 unspecified atom stereocenters. The van der Waals surface area contributed by atoms with E-state index in [2.05, 4.69) is 10.2 Å². The molecule has 25 heavy (non-hydrogen) atoms. The van der Waals surface area contributed by atoms with Crippen LogP contribution in [0.5, 0.6) is 0 Å². The second-order valence-electron chi connectivity index (χ2n) is 5.69. The number of thiophene rings is 1. The number of rotatable bonds is 4. The number of hydrogen-bond donors (Lipinski definition) is 0. The quantitative estimate of drug-likeness (QED) is 0.665. The predicted molar refractivity (Wildman–Crippen MR) is 92.1 cm³/mol. The second kappa shape index (κ2) is 6.56. The van der Waals surface area contributed by atoms with Gasteiger partial charge >= 0.3 is 0 Å². The van der Waals surface area contributed by atoms with Gasteiger partial charge in [0.05, 0.1) is 16.2 Å². The summed E-state index contributed by atoms with van der Waals surface area (Å²) in [5.74, 6) is 0.992. The average molecular weight is 400 g/mol. The molecule has 1 fully saturated rings. The van der Waals surface area contributed by atoms with Crippen molar-refractivity contribution in [3.8, 4) is 11.5 Å². The molecule has 0 aromatic carbocycles. The van der Waals surface area contributed by atoms with Crippen LogP contribution in [0.25, 0.3) is 11.5 Å². The van der Waals surface area contributed by atoms with Gasteiger partial charge in [-0.1, -0.05) is 11.6 Å². The summed E-state index contributed by atoms with van der Waals surface area (Å²) in [6.07, 6.45) is 4.34. The Labute approximate surface area is 153 Å². The summed E-state index contributed by atoms with van der Waals surface area (Å²) < 4.78 is 38.2. The van der Waals surface area contributed by atoms with E-state index in [1.54, 1.807) is 30.7 Å². The molecule has 0 aliphatic carbocycles. The Morgan fingerprint density at radius 2 is 2.00 bits per heavy atom. The minimum absolute atomic E-state index is 0.0477. The van der Waals surface area contributed by atoms with E-state index in [9.17, 15) is 8.42 Å². The van der Waals surface area contributed by atoms with Crippen LogP contribution in [0.4, 0.5) is 0 Å². The van der Waals surface area contributed by atoms with Crippen LogP contribution < -0.4 is 0 Å². The highest BCUT2D eigenvalue weighted by Crippen LogP contribution is 2.34. The molecule has 3 aromatic heterocycles. The molecule has 1 aliphatic rings. The average Bonchev–Trinajstić information content (AvgIpc) is 3.35. The van der Waals surface area contributed by atoms with Crippen molar-refractivity contribution < 1.29 is 17.3 Å². The van der Waals surface area contributed by atoms with Crippen molar-refractivity contribution >= 4 is 33.0 Å². The third kappa shape index (κ3) is 3.24. The molecule has 0 radical (unpaired) electrons. The van der Waals surface area contributed by atoms with Crippen LogP contribution in [-0.2, 0) is 10.0 Å². The van der Waals surface area contributed by atoms with Crippen molar-refractivity contribution in [3.05, 3.63) is 41.0 Å². The van der Waals surface area contributed by atoms with Crippen molar-refractivity contribution in [2.45, 2.75) is 23.0 Å². The van der Waals surface area contributed by atoms with Gasteiger partial charge in [0.1, 0.15) is 10.5 Å². The minimum atomic E-state index is -3.49. The number of aromatic nitrogens is 2. The van der Waals surface area contributed by atoms with Crippen LogP contribution in [0.2, 0.25) is 4.34 Å². The zero-order valence-corrected chi connectivity index (χ0v) is 15.4. The molecule has 132 valence electrons. The van der Waals surface area contributed by atoms with Crippen molar-refractivity contribution in [2.75, 3.05) is 13.1 Å². The van der Waals surface area contributed by atoms with Gasteiger partial charge in [-0.2, -0.15) is 4.31 Å². The van der Waals surface area contributed by atoms with E-state index in [0.717, 1.165) is 16.9 Å². The number of hydrogen-bond acceptors (Lipinski definition) is 7. The molecule has 10 heteroatoms. The van der Waals surface area contributed by atoms with E-state index >= 15 is 0 Å². The molecular weight excluding hydrogens is 386 g/mol. The fraction of sp³-hybridized carbons (Fsp3) is 0.333. The lowest BCUT2D eigenvalue weighted by atomic mass is 9.98. The van der Waals surface area contributed by atoms with Crippen LogP contribution in [0.1, 0.15) is 24.7 Å². The van der Waals surface area contributed by atoms with E-state index in [0.29, 0.717) is 42.0 Å². The zero-order valence-electron chi connectivity index (χ0n) is 13.0. The summed E-state index contributed by atoms with van der Waals surface area (Å²) in [6, 6.07) is 4.89. The van der Waals surface area contributed by atoms with Gasteiger partial charge in [0, 0.05) is 19.0 Å². The summed E-state index contributed by atoms with van der Waals surface area (Å²) in [5.41, 5.74) is 0.730. The first kappa shape index (κ1) is 16.8. The maximum atomic E-state index is 12.6. The van der Waals surface area contributed by atoms with E-state index in [-0.39, 0.29) is 10.1 Å². The third-order valence-corrected chi connectivity index (χ3v) is 7.75. The van der Waals surface area contributed by atoms with Crippen molar-refractivity contribution in [1.29, 1.82) is 0 Å². The molecule has 4 rings (SSSR count). The molecule has 0 N–H and O–H groups in total. The molecule has 1 saturated heterocycles. The highest BCUT2D eigenvalue weighted by Gasteiger charge is 2.33.